The highest BCUT2D eigenvalue weighted by molar-refractivity contribution is 6.08. The Labute approximate surface area is 182 Å². The van der Waals surface area contributed by atoms with Gasteiger partial charge in [-0.2, -0.15) is 0 Å². The summed E-state index contributed by atoms with van der Waals surface area (Å²) in [5, 5.41) is 3.04. The summed E-state index contributed by atoms with van der Waals surface area (Å²) in [6.07, 6.45) is 2.02. The lowest BCUT2D eigenvalue weighted by Gasteiger charge is -2.33. The predicted molar refractivity (Wildman–Crippen MR) is 120 cm³/mol. The number of likely N-dealkylation sites (N-methyl/N-ethyl adjacent to an activating group) is 1. The van der Waals surface area contributed by atoms with Gasteiger partial charge in [-0.25, -0.2) is 0 Å². The molecule has 0 aliphatic carbocycles. The van der Waals surface area contributed by atoms with Crippen molar-refractivity contribution in [2.75, 3.05) is 51.8 Å². The van der Waals surface area contributed by atoms with Crippen molar-refractivity contribution in [2.45, 2.75) is 32.8 Å². The number of benzene rings is 1. The first-order chi connectivity index (χ1) is 14.8. The van der Waals surface area contributed by atoms with Crippen molar-refractivity contribution in [2.24, 2.45) is 0 Å². The molecule has 1 atom stereocenters. The van der Waals surface area contributed by atoms with Crippen LogP contribution < -0.4 is 15.6 Å². The number of ether oxygens (including phenoxy) is 1. The average Bonchev–Trinajstić information content (AvgIpc) is 2.73. The van der Waals surface area contributed by atoms with Crippen LogP contribution in [-0.4, -0.2) is 69.6 Å². The van der Waals surface area contributed by atoms with Crippen LogP contribution in [0, 0.1) is 0 Å². The summed E-state index contributed by atoms with van der Waals surface area (Å²) in [7, 11) is 3.83. The molecule has 3 rings (SSSR count). The summed E-state index contributed by atoms with van der Waals surface area (Å²) in [6, 6.07) is 4.44. The summed E-state index contributed by atoms with van der Waals surface area (Å²) in [5.41, 5.74) is 0.442. The summed E-state index contributed by atoms with van der Waals surface area (Å²) in [4.78, 5) is 41.8. The molecule has 2 heterocycles. The van der Waals surface area contributed by atoms with Crippen LogP contribution in [0.15, 0.2) is 27.4 Å². The number of carbonyl (C=O) groups is 2. The largest absolute Gasteiger partial charge is 0.440 e. The lowest BCUT2D eigenvalue weighted by Crippen LogP contribution is -2.42. The Balaban J connectivity index is 1.97. The van der Waals surface area contributed by atoms with Gasteiger partial charge in [0.05, 0.1) is 23.7 Å². The summed E-state index contributed by atoms with van der Waals surface area (Å²) in [5.74, 6) is -0.169. The summed E-state index contributed by atoms with van der Waals surface area (Å²) < 4.78 is 11.8. The first kappa shape index (κ1) is 23.0. The van der Waals surface area contributed by atoms with Crippen molar-refractivity contribution >= 4 is 28.5 Å². The Morgan fingerprint density at radius 1 is 1.26 bits per heavy atom. The molecule has 1 aromatic carbocycles. The Kier molecular flexibility index (Phi) is 7.46. The molecule has 8 heteroatoms. The zero-order chi connectivity index (χ0) is 22.5. The lowest BCUT2D eigenvalue weighted by molar-refractivity contribution is 0.0335. The number of Topliss-reactive ketones (excluding diaryl/α,β-unsaturated/α-hetero) is 1. The van der Waals surface area contributed by atoms with E-state index in [0.717, 1.165) is 12.8 Å². The highest BCUT2D eigenvalue weighted by atomic mass is 16.5. The molecule has 168 valence electrons. The molecule has 1 aliphatic rings. The van der Waals surface area contributed by atoms with Crippen LogP contribution in [0.1, 0.15) is 47.4 Å². The molecule has 1 N–H and O–H groups in total. The number of nitrogens with zero attached hydrogens (tertiary/aromatic N) is 2. The molecule has 1 saturated heterocycles. The van der Waals surface area contributed by atoms with Gasteiger partial charge in [-0.3, -0.25) is 14.4 Å². The standard InChI is InChI=1S/C23H31N3O5/c1-5-6-17-14-26(9-10-30-17)21-13-20(28)19-12-16(23(29)24-7-8-25(3)4)11-18(15(2)27)22(19)31-21/h11-13,17H,5-10,14H2,1-4H3,(H,24,29). The smallest absolute Gasteiger partial charge is 0.251 e. The third-order valence-corrected chi connectivity index (χ3v) is 5.36. The molecule has 1 amide bonds. The van der Waals surface area contributed by atoms with E-state index in [4.69, 9.17) is 9.15 Å². The zero-order valence-corrected chi connectivity index (χ0v) is 18.7. The molecule has 8 nitrogen and oxygen atoms in total. The van der Waals surface area contributed by atoms with Gasteiger partial charge in [0.2, 0.25) is 0 Å². The molecule has 1 aliphatic heterocycles. The van der Waals surface area contributed by atoms with E-state index >= 15 is 0 Å². The lowest BCUT2D eigenvalue weighted by atomic mass is 10.0. The van der Waals surface area contributed by atoms with E-state index in [1.807, 2.05) is 23.9 Å². The van der Waals surface area contributed by atoms with Gasteiger partial charge >= 0.3 is 0 Å². The maximum Gasteiger partial charge on any atom is 0.251 e. The van der Waals surface area contributed by atoms with E-state index in [1.165, 1.54) is 25.1 Å². The average molecular weight is 430 g/mol. The number of anilines is 1. The predicted octanol–water partition coefficient (Wildman–Crippen LogP) is 2.29. The molecule has 31 heavy (non-hydrogen) atoms. The van der Waals surface area contributed by atoms with Crippen molar-refractivity contribution < 1.29 is 18.7 Å². The van der Waals surface area contributed by atoms with Gasteiger partial charge in [-0.1, -0.05) is 13.3 Å². The van der Waals surface area contributed by atoms with Gasteiger partial charge in [0.15, 0.2) is 22.7 Å². The van der Waals surface area contributed by atoms with E-state index in [2.05, 4.69) is 12.2 Å². The number of rotatable bonds is 8. The number of amides is 1. The third-order valence-electron chi connectivity index (χ3n) is 5.36. The number of ketones is 1. The van der Waals surface area contributed by atoms with Crippen molar-refractivity contribution in [1.82, 2.24) is 10.2 Å². The number of carbonyl (C=O) groups excluding carboxylic acids is 2. The van der Waals surface area contributed by atoms with Crippen LogP contribution >= 0.6 is 0 Å². The van der Waals surface area contributed by atoms with Crippen molar-refractivity contribution in [3.8, 4) is 0 Å². The number of nitrogens with one attached hydrogen (secondary N) is 1. The van der Waals surface area contributed by atoms with Crippen LogP contribution in [0.4, 0.5) is 5.88 Å². The number of fused-ring (bicyclic) bond motifs is 1. The first-order valence-electron chi connectivity index (χ1n) is 10.7. The normalized spacial score (nSPS) is 16.7. The topological polar surface area (TPSA) is 92.1 Å². The van der Waals surface area contributed by atoms with Crippen LogP contribution in [0.5, 0.6) is 0 Å². The second-order valence-corrected chi connectivity index (χ2v) is 8.19. The van der Waals surface area contributed by atoms with Gasteiger partial charge in [0, 0.05) is 37.8 Å². The minimum Gasteiger partial charge on any atom is -0.440 e. The number of morpholine rings is 1. The van der Waals surface area contributed by atoms with Crippen LogP contribution in [0.2, 0.25) is 0 Å². The van der Waals surface area contributed by atoms with Gasteiger partial charge in [0.1, 0.15) is 0 Å². The Hall–Kier alpha value is -2.71. The molecule has 1 unspecified atom stereocenters. The van der Waals surface area contributed by atoms with Gasteiger partial charge in [-0.05, 0) is 39.6 Å². The molecule has 0 radical (unpaired) electrons. The molecule has 1 aromatic heterocycles. The first-order valence-corrected chi connectivity index (χ1v) is 10.7. The second kappa shape index (κ2) is 10.1. The Bertz CT molecular complexity index is 1010. The molecule has 0 spiro atoms. The fourth-order valence-electron chi connectivity index (χ4n) is 3.71. The van der Waals surface area contributed by atoms with Crippen molar-refractivity contribution in [3.63, 3.8) is 0 Å². The Morgan fingerprint density at radius 3 is 2.71 bits per heavy atom. The zero-order valence-electron chi connectivity index (χ0n) is 18.7. The van der Waals surface area contributed by atoms with Crippen LogP contribution in [0.3, 0.4) is 0 Å². The summed E-state index contributed by atoms with van der Waals surface area (Å²) in [6.45, 7) is 6.44. The number of hydrogen-bond acceptors (Lipinski definition) is 7. The fourth-order valence-corrected chi connectivity index (χ4v) is 3.71. The van der Waals surface area contributed by atoms with E-state index in [1.54, 1.807) is 0 Å². The van der Waals surface area contributed by atoms with Crippen molar-refractivity contribution in [1.29, 1.82) is 0 Å². The molecule has 0 saturated carbocycles. The SMILES string of the molecule is CCCC1CN(c2cc(=O)c3cc(C(=O)NCCN(C)C)cc(C(C)=O)c3o2)CCO1. The second-order valence-electron chi connectivity index (χ2n) is 8.19. The van der Waals surface area contributed by atoms with E-state index in [9.17, 15) is 14.4 Å². The van der Waals surface area contributed by atoms with Gasteiger partial charge in [-0.15, -0.1) is 0 Å². The van der Waals surface area contributed by atoms with E-state index in [0.29, 0.717) is 38.7 Å². The molecule has 0 bridgehead atoms. The molecule has 2 aromatic rings. The molecular formula is C23H31N3O5. The van der Waals surface area contributed by atoms with E-state index in [-0.39, 0.29) is 45.3 Å². The van der Waals surface area contributed by atoms with Gasteiger partial charge in [0.25, 0.3) is 5.91 Å². The van der Waals surface area contributed by atoms with Crippen LogP contribution in [-0.2, 0) is 4.74 Å². The molecule has 1 fully saturated rings. The number of hydrogen-bond donors (Lipinski definition) is 1. The Morgan fingerprint density at radius 2 is 2.03 bits per heavy atom. The van der Waals surface area contributed by atoms with Gasteiger partial charge < -0.3 is 24.3 Å². The maximum absolute atomic E-state index is 12.9. The quantitative estimate of drug-likeness (QED) is 0.644. The minimum absolute atomic E-state index is 0.0836. The minimum atomic E-state index is -0.328. The van der Waals surface area contributed by atoms with E-state index < -0.39 is 0 Å². The summed E-state index contributed by atoms with van der Waals surface area (Å²) >= 11 is 0. The van der Waals surface area contributed by atoms with Crippen molar-refractivity contribution in [3.05, 3.63) is 39.5 Å². The maximum atomic E-state index is 12.9. The molecular weight excluding hydrogens is 398 g/mol. The monoisotopic (exact) mass is 429 g/mol. The van der Waals surface area contributed by atoms with Crippen LogP contribution in [0.25, 0.3) is 11.0 Å². The highest BCUT2D eigenvalue weighted by Gasteiger charge is 2.24. The third kappa shape index (κ3) is 5.51. The highest BCUT2D eigenvalue weighted by Crippen LogP contribution is 2.26. The fraction of sp³-hybridized carbons (Fsp3) is 0.522.